The molecule has 0 saturated carbocycles. The molecule has 1 unspecified atom stereocenters. The molecule has 0 aliphatic heterocycles. The summed E-state index contributed by atoms with van der Waals surface area (Å²) < 4.78 is 26.9. The van der Waals surface area contributed by atoms with Gasteiger partial charge in [0, 0.05) is 11.4 Å². The van der Waals surface area contributed by atoms with Crippen molar-refractivity contribution in [3.05, 3.63) is 34.3 Å². The first-order valence-electron chi connectivity index (χ1n) is 4.18. The predicted octanol–water partition coefficient (Wildman–Crippen LogP) is 2.71. The van der Waals surface area contributed by atoms with E-state index in [1.54, 1.807) is 0 Å². The van der Waals surface area contributed by atoms with E-state index >= 15 is 0 Å². The number of hydrogen-bond donors (Lipinski definition) is 1. The third-order valence-electron chi connectivity index (χ3n) is 2.00. The Morgan fingerprint density at radius 3 is 2.27 bits per heavy atom. The summed E-state index contributed by atoms with van der Waals surface area (Å²) in [5, 5.41) is 9.32. The van der Waals surface area contributed by atoms with Crippen molar-refractivity contribution in [2.45, 2.75) is 19.0 Å². The minimum atomic E-state index is -3.74. The largest absolute Gasteiger partial charge is 0.382 e. The van der Waals surface area contributed by atoms with Crippen LogP contribution >= 0.6 is 15.9 Å². The lowest BCUT2D eigenvalue weighted by atomic mass is 10.0. The van der Waals surface area contributed by atoms with Crippen molar-refractivity contribution in [1.82, 2.24) is 0 Å². The van der Waals surface area contributed by atoms with Crippen LogP contribution in [0.3, 0.4) is 0 Å². The van der Waals surface area contributed by atoms with Crippen molar-refractivity contribution in [3.63, 3.8) is 0 Å². The highest BCUT2D eigenvalue weighted by Crippen LogP contribution is 2.32. The summed E-state index contributed by atoms with van der Waals surface area (Å²) in [4.78, 5) is 10.6. The molecule has 0 fully saturated rings. The molecule has 15 heavy (non-hydrogen) atoms. The molecule has 0 radical (unpaired) electrons. The van der Waals surface area contributed by atoms with Crippen molar-refractivity contribution in [2.75, 3.05) is 0 Å². The lowest BCUT2D eigenvalue weighted by Crippen LogP contribution is -2.33. The molecule has 1 aromatic carbocycles. The Morgan fingerprint density at radius 2 is 1.87 bits per heavy atom. The monoisotopic (exact) mass is 278 g/mol. The van der Waals surface area contributed by atoms with Crippen molar-refractivity contribution in [3.8, 4) is 0 Å². The Bertz CT molecular complexity index is 362. The highest BCUT2D eigenvalue weighted by molar-refractivity contribution is 9.10. The van der Waals surface area contributed by atoms with Crippen LogP contribution in [0.15, 0.2) is 28.7 Å². The number of alkyl halides is 2. The molecule has 1 N–H and O–H groups in total. The number of Topliss-reactive ketones (excluding diaryl/α,β-unsaturated/α-hetero) is 1. The molecule has 5 heteroatoms. The summed E-state index contributed by atoms with van der Waals surface area (Å²) in [7, 11) is 0. The second-order valence-electron chi connectivity index (χ2n) is 3.13. The second-order valence-corrected chi connectivity index (χ2v) is 4.05. The molecule has 82 valence electrons. The van der Waals surface area contributed by atoms with Crippen LogP contribution in [0.5, 0.6) is 0 Å². The van der Waals surface area contributed by atoms with Gasteiger partial charge < -0.3 is 5.11 Å². The Kier molecular flexibility index (Phi) is 3.57. The second kappa shape index (κ2) is 4.37. The first kappa shape index (κ1) is 12.3. The van der Waals surface area contributed by atoms with Crippen LogP contribution in [0.1, 0.15) is 18.6 Å². The Hall–Kier alpha value is -0.810. The molecule has 0 amide bonds. The van der Waals surface area contributed by atoms with Gasteiger partial charge >= 0.3 is 5.92 Å². The molecule has 0 aliphatic rings. The van der Waals surface area contributed by atoms with E-state index in [1.165, 1.54) is 24.3 Å². The maximum Gasteiger partial charge on any atom is 0.334 e. The van der Waals surface area contributed by atoms with Gasteiger partial charge in [-0.05, 0) is 17.7 Å². The summed E-state index contributed by atoms with van der Waals surface area (Å²) in [6, 6.07) is 5.72. The molecule has 1 rings (SSSR count). The highest BCUT2D eigenvalue weighted by Gasteiger charge is 2.44. The van der Waals surface area contributed by atoms with Crippen LogP contribution in [-0.2, 0) is 4.79 Å². The highest BCUT2D eigenvalue weighted by atomic mass is 79.9. The van der Waals surface area contributed by atoms with Crippen LogP contribution in [0, 0.1) is 0 Å². The van der Waals surface area contributed by atoms with Gasteiger partial charge in [0.1, 0.15) is 6.10 Å². The van der Waals surface area contributed by atoms with Crippen molar-refractivity contribution in [1.29, 1.82) is 0 Å². The Morgan fingerprint density at radius 1 is 1.40 bits per heavy atom. The van der Waals surface area contributed by atoms with Gasteiger partial charge in [-0.25, -0.2) is 0 Å². The molecule has 1 atom stereocenters. The van der Waals surface area contributed by atoms with Crippen molar-refractivity contribution in [2.24, 2.45) is 0 Å². The van der Waals surface area contributed by atoms with Crippen molar-refractivity contribution >= 4 is 21.7 Å². The van der Waals surface area contributed by atoms with Gasteiger partial charge in [0.25, 0.3) is 0 Å². The molecule has 0 bridgehead atoms. The van der Waals surface area contributed by atoms with Gasteiger partial charge in [0.2, 0.25) is 5.78 Å². The number of halogens is 3. The van der Waals surface area contributed by atoms with E-state index in [-0.39, 0.29) is 5.56 Å². The number of aliphatic hydroxyl groups excluding tert-OH is 1. The zero-order valence-corrected chi connectivity index (χ0v) is 9.46. The molecule has 0 aromatic heterocycles. The maximum atomic E-state index is 13.1. The van der Waals surface area contributed by atoms with E-state index in [1.807, 2.05) is 0 Å². The summed E-state index contributed by atoms with van der Waals surface area (Å²) in [5.41, 5.74) is 0.0124. The molecule has 1 aromatic rings. The average molecular weight is 279 g/mol. The lowest BCUT2D eigenvalue weighted by Gasteiger charge is -2.19. The van der Waals surface area contributed by atoms with Crippen LogP contribution in [0.2, 0.25) is 0 Å². The fourth-order valence-electron chi connectivity index (χ4n) is 1.05. The summed E-state index contributed by atoms with van der Waals surface area (Å²) in [6.45, 7) is 0.752. The zero-order chi connectivity index (χ0) is 11.6. The normalized spacial score (nSPS) is 13.7. The van der Waals surface area contributed by atoms with Gasteiger partial charge in [0.15, 0.2) is 0 Å². The quantitative estimate of drug-likeness (QED) is 0.923. The van der Waals surface area contributed by atoms with E-state index in [0.29, 0.717) is 4.47 Å². The van der Waals surface area contributed by atoms with Gasteiger partial charge in [-0.2, -0.15) is 8.78 Å². The number of benzene rings is 1. The van der Waals surface area contributed by atoms with E-state index < -0.39 is 17.8 Å². The number of hydrogen-bond acceptors (Lipinski definition) is 2. The van der Waals surface area contributed by atoms with Crippen LogP contribution < -0.4 is 0 Å². The molecule has 2 nitrogen and oxygen atoms in total. The number of carbonyl (C=O) groups is 1. The number of aliphatic hydroxyl groups is 1. The topological polar surface area (TPSA) is 37.3 Å². The molecule has 0 heterocycles. The number of carbonyl (C=O) groups excluding carboxylic acids is 1. The van der Waals surface area contributed by atoms with Crippen LogP contribution in [-0.4, -0.2) is 16.8 Å². The van der Waals surface area contributed by atoms with Gasteiger partial charge in [-0.3, -0.25) is 4.79 Å². The first-order chi connectivity index (χ1) is 6.85. The Labute approximate surface area is 94.0 Å². The van der Waals surface area contributed by atoms with E-state index in [2.05, 4.69) is 15.9 Å². The number of rotatable bonds is 3. The molecular formula is C10H9BrF2O2. The fourth-order valence-corrected chi connectivity index (χ4v) is 1.31. The average Bonchev–Trinajstić information content (AvgIpc) is 2.17. The molecule has 0 spiro atoms. The summed E-state index contributed by atoms with van der Waals surface area (Å²) in [5.74, 6) is -5.09. The zero-order valence-electron chi connectivity index (χ0n) is 7.88. The predicted molar refractivity (Wildman–Crippen MR) is 54.7 cm³/mol. The van der Waals surface area contributed by atoms with E-state index in [4.69, 9.17) is 0 Å². The number of ketones is 1. The smallest absolute Gasteiger partial charge is 0.334 e. The third-order valence-corrected chi connectivity index (χ3v) is 2.53. The molecule has 0 saturated heterocycles. The minimum Gasteiger partial charge on any atom is -0.382 e. The van der Waals surface area contributed by atoms with E-state index in [9.17, 15) is 18.7 Å². The first-order valence-corrected chi connectivity index (χ1v) is 4.97. The minimum absolute atomic E-state index is 0.0124. The fraction of sp³-hybridized carbons (Fsp3) is 0.300. The molecular weight excluding hydrogens is 270 g/mol. The molecule has 0 aliphatic carbocycles. The van der Waals surface area contributed by atoms with Gasteiger partial charge in [-0.1, -0.05) is 28.1 Å². The Balaban J connectivity index is 2.99. The van der Waals surface area contributed by atoms with Gasteiger partial charge in [-0.15, -0.1) is 0 Å². The van der Waals surface area contributed by atoms with E-state index in [0.717, 1.165) is 6.92 Å². The van der Waals surface area contributed by atoms with Crippen LogP contribution in [0.4, 0.5) is 8.78 Å². The SMILES string of the molecule is CC(=O)C(F)(F)C(O)c1ccc(Br)cc1. The third kappa shape index (κ3) is 2.60. The summed E-state index contributed by atoms with van der Waals surface area (Å²) >= 11 is 3.14. The lowest BCUT2D eigenvalue weighted by molar-refractivity contribution is -0.159. The standard InChI is InChI=1S/C10H9BrF2O2/c1-6(14)10(12,13)9(15)7-2-4-8(11)5-3-7/h2-5,9,15H,1H3. The van der Waals surface area contributed by atoms with Gasteiger partial charge in [0.05, 0.1) is 0 Å². The van der Waals surface area contributed by atoms with Crippen molar-refractivity contribution < 1.29 is 18.7 Å². The van der Waals surface area contributed by atoms with Crippen LogP contribution in [0.25, 0.3) is 0 Å². The summed E-state index contributed by atoms with van der Waals surface area (Å²) in [6.07, 6.45) is -2.09. The maximum absolute atomic E-state index is 13.1.